The van der Waals surface area contributed by atoms with Gasteiger partial charge in [0.2, 0.25) is 16.0 Å². The fourth-order valence-corrected chi connectivity index (χ4v) is 7.74. The number of fused-ring (bicyclic) bond motifs is 1. The lowest BCUT2D eigenvalue weighted by molar-refractivity contribution is 0.0704. The van der Waals surface area contributed by atoms with Gasteiger partial charge < -0.3 is 14.7 Å². The van der Waals surface area contributed by atoms with Crippen molar-refractivity contribution >= 4 is 43.1 Å². The Morgan fingerprint density at radius 2 is 1.90 bits per heavy atom. The van der Waals surface area contributed by atoms with E-state index in [-0.39, 0.29) is 11.9 Å². The number of hydrogen-bond donors (Lipinski definition) is 1. The number of aryl methyl sites for hydroxylation is 1. The minimum Gasteiger partial charge on any atom is -0.467 e. The predicted octanol–water partition coefficient (Wildman–Crippen LogP) is 5.06. The Morgan fingerprint density at radius 3 is 2.56 bits per heavy atom. The van der Waals surface area contributed by atoms with Gasteiger partial charge in [-0.3, -0.25) is 0 Å². The summed E-state index contributed by atoms with van der Waals surface area (Å²) in [6.07, 6.45) is 11.5. The highest BCUT2D eigenvalue weighted by molar-refractivity contribution is 7.89. The second-order valence-corrected chi connectivity index (χ2v) is 14.8. The summed E-state index contributed by atoms with van der Waals surface area (Å²) in [6.45, 7) is 8.13. The van der Waals surface area contributed by atoms with Crippen molar-refractivity contribution in [3.63, 3.8) is 0 Å². The molecule has 4 heterocycles. The molecule has 1 aromatic carbocycles. The summed E-state index contributed by atoms with van der Waals surface area (Å²) < 4.78 is 34.5. The molecular formula is C30H41N5O4S2. The Labute approximate surface area is 247 Å². The molecular weight excluding hydrogens is 558 g/mol. The molecule has 0 radical (unpaired) electrons. The van der Waals surface area contributed by atoms with Crippen molar-refractivity contribution in [3.8, 4) is 5.19 Å². The monoisotopic (exact) mass is 599 g/mol. The number of aromatic nitrogens is 3. The van der Waals surface area contributed by atoms with Crippen molar-refractivity contribution in [2.45, 2.75) is 77.4 Å². The Bertz CT molecular complexity index is 1460. The highest BCUT2D eigenvalue weighted by Gasteiger charge is 2.26. The number of benzene rings is 1. The van der Waals surface area contributed by atoms with Gasteiger partial charge >= 0.3 is 0 Å². The van der Waals surface area contributed by atoms with Gasteiger partial charge in [-0.25, -0.2) is 23.4 Å². The van der Waals surface area contributed by atoms with Crippen LogP contribution in [0, 0.1) is 0 Å². The summed E-state index contributed by atoms with van der Waals surface area (Å²) in [7, 11) is -3.34. The number of ether oxygens (including phenoxy) is 1. The molecule has 11 heteroatoms. The summed E-state index contributed by atoms with van der Waals surface area (Å²) >= 11 is 1.56. The topological polar surface area (TPSA) is 109 Å². The molecule has 9 nitrogen and oxygen atoms in total. The summed E-state index contributed by atoms with van der Waals surface area (Å²) in [6, 6.07) is 6.23. The third-order valence-corrected chi connectivity index (χ3v) is 10.6. The fraction of sp³-hybridized carbons (Fsp3) is 0.567. The average Bonchev–Trinajstić information content (AvgIpc) is 3.35. The van der Waals surface area contributed by atoms with Gasteiger partial charge in [-0.15, -0.1) is 0 Å². The summed E-state index contributed by atoms with van der Waals surface area (Å²) in [5.41, 5.74) is 3.50. The van der Waals surface area contributed by atoms with Gasteiger partial charge in [-0.1, -0.05) is 36.8 Å². The molecule has 0 saturated carbocycles. The number of anilines is 1. The zero-order valence-corrected chi connectivity index (χ0v) is 25.9. The number of nitrogens with zero attached hydrogens (tertiary/aromatic N) is 5. The summed E-state index contributed by atoms with van der Waals surface area (Å²) in [5.74, 6) is 0.855. The molecule has 0 atom stereocenters. The van der Waals surface area contributed by atoms with E-state index in [1.54, 1.807) is 29.5 Å². The summed E-state index contributed by atoms with van der Waals surface area (Å²) in [5, 5.41) is 10.6. The van der Waals surface area contributed by atoms with Crippen LogP contribution in [0.15, 0.2) is 36.7 Å². The van der Waals surface area contributed by atoms with Crippen LogP contribution in [0.1, 0.15) is 70.4 Å². The van der Waals surface area contributed by atoms with E-state index in [2.05, 4.69) is 33.9 Å². The van der Waals surface area contributed by atoms with Crippen LogP contribution in [0.3, 0.4) is 0 Å². The fourth-order valence-electron chi connectivity index (χ4n) is 5.38. The zero-order chi connectivity index (χ0) is 29.0. The van der Waals surface area contributed by atoms with Crippen LogP contribution < -0.4 is 9.64 Å². The van der Waals surface area contributed by atoms with Crippen molar-refractivity contribution in [1.29, 1.82) is 0 Å². The SMILES string of the molecule is CCCc1cnc(N2CCC(Oc3nc4ccc(C5=CCN(S(=O)(=O)CCCC(C)(C)O)CC5)cc4s3)CC2)nc1. The Hall–Kier alpha value is -2.60. The maximum atomic E-state index is 12.8. The number of piperidine rings is 1. The van der Waals surface area contributed by atoms with E-state index in [1.807, 2.05) is 24.5 Å². The van der Waals surface area contributed by atoms with E-state index in [0.29, 0.717) is 37.5 Å². The minimum absolute atomic E-state index is 0.0642. The van der Waals surface area contributed by atoms with Gasteiger partial charge in [0, 0.05) is 51.4 Å². The first-order chi connectivity index (χ1) is 19.6. The number of rotatable bonds is 11. The highest BCUT2D eigenvalue weighted by Crippen LogP contribution is 2.33. The predicted molar refractivity (Wildman–Crippen MR) is 165 cm³/mol. The van der Waals surface area contributed by atoms with E-state index >= 15 is 0 Å². The van der Waals surface area contributed by atoms with Gasteiger partial charge in [0.15, 0.2) is 0 Å². The largest absolute Gasteiger partial charge is 0.467 e. The first kappa shape index (κ1) is 29.9. The molecule has 0 amide bonds. The number of thiazole rings is 1. The number of hydrogen-bond acceptors (Lipinski definition) is 9. The van der Waals surface area contributed by atoms with Gasteiger partial charge in [0.25, 0.3) is 5.19 Å². The molecule has 5 rings (SSSR count). The lowest BCUT2D eigenvalue weighted by atomic mass is 10.0. The molecule has 0 spiro atoms. The lowest BCUT2D eigenvalue weighted by Crippen LogP contribution is -2.39. The van der Waals surface area contributed by atoms with E-state index in [9.17, 15) is 13.5 Å². The quantitative estimate of drug-likeness (QED) is 0.326. The van der Waals surface area contributed by atoms with Crippen molar-refractivity contribution in [2.75, 3.05) is 36.8 Å². The molecule has 41 heavy (non-hydrogen) atoms. The zero-order valence-electron chi connectivity index (χ0n) is 24.3. The van der Waals surface area contributed by atoms with Crippen molar-refractivity contribution in [2.24, 2.45) is 0 Å². The first-order valence-electron chi connectivity index (χ1n) is 14.6. The Balaban J connectivity index is 1.15. The van der Waals surface area contributed by atoms with Crippen molar-refractivity contribution in [3.05, 3.63) is 47.8 Å². The van der Waals surface area contributed by atoms with E-state index in [4.69, 9.17) is 9.72 Å². The minimum atomic E-state index is -3.34. The van der Waals surface area contributed by atoms with Gasteiger partial charge in [-0.2, -0.15) is 4.31 Å². The molecule has 0 bridgehead atoms. The van der Waals surface area contributed by atoms with Crippen LogP contribution in [0.2, 0.25) is 0 Å². The normalized spacial score (nSPS) is 17.7. The van der Waals surface area contributed by atoms with Crippen LogP contribution in [0.5, 0.6) is 5.19 Å². The third kappa shape index (κ3) is 7.82. The molecule has 2 aliphatic heterocycles. The van der Waals surface area contributed by atoms with Gasteiger partial charge in [0.05, 0.1) is 21.6 Å². The Kier molecular flexibility index (Phi) is 9.27. The molecule has 2 aliphatic rings. The van der Waals surface area contributed by atoms with Gasteiger partial charge in [-0.05, 0) is 68.4 Å². The second kappa shape index (κ2) is 12.7. The number of sulfonamides is 1. The molecule has 1 fully saturated rings. The van der Waals surface area contributed by atoms with Crippen LogP contribution in [-0.4, -0.2) is 76.4 Å². The first-order valence-corrected chi connectivity index (χ1v) is 17.0. The van der Waals surface area contributed by atoms with E-state index in [0.717, 1.165) is 66.1 Å². The summed E-state index contributed by atoms with van der Waals surface area (Å²) in [4.78, 5) is 16.1. The lowest BCUT2D eigenvalue weighted by Gasteiger charge is -2.31. The molecule has 0 aliphatic carbocycles. The molecule has 1 saturated heterocycles. The van der Waals surface area contributed by atoms with Crippen LogP contribution in [0.25, 0.3) is 15.8 Å². The average molecular weight is 600 g/mol. The maximum Gasteiger partial charge on any atom is 0.274 e. The van der Waals surface area contributed by atoms with Crippen LogP contribution in [-0.2, 0) is 16.4 Å². The van der Waals surface area contributed by atoms with E-state index in [1.165, 1.54) is 5.56 Å². The van der Waals surface area contributed by atoms with Crippen LogP contribution in [0.4, 0.5) is 5.95 Å². The number of aliphatic hydroxyl groups is 1. The smallest absolute Gasteiger partial charge is 0.274 e. The van der Waals surface area contributed by atoms with E-state index < -0.39 is 15.6 Å². The van der Waals surface area contributed by atoms with Crippen LogP contribution >= 0.6 is 11.3 Å². The molecule has 1 N–H and O–H groups in total. The van der Waals surface area contributed by atoms with Crippen molar-refractivity contribution < 1.29 is 18.3 Å². The molecule has 0 unspecified atom stereocenters. The molecule has 222 valence electrons. The second-order valence-electron chi connectivity index (χ2n) is 11.7. The molecule has 2 aromatic heterocycles. The molecule has 3 aromatic rings. The van der Waals surface area contributed by atoms with Crippen molar-refractivity contribution in [1.82, 2.24) is 19.3 Å². The van der Waals surface area contributed by atoms with Gasteiger partial charge in [0.1, 0.15) is 6.10 Å². The Morgan fingerprint density at radius 1 is 1.15 bits per heavy atom. The third-order valence-electron chi connectivity index (χ3n) is 7.72. The standard InChI is InChI=1S/C30H41N5O4S2/c1-4-6-22-20-31-28(32-21-22)34-14-11-25(12-15-34)39-29-33-26-8-7-24(19-27(26)40-29)23-9-16-35(17-10-23)41(37,38)18-5-13-30(2,3)36/h7-9,19-21,25,36H,4-6,10-18H2,1-3H3. The maximum absolute atomic E-state index is 12.8. The highest BCUT2D eigenvalue weighted by atomic mass is 32.2.